The third kappa shape index (κ3) is 5.31. The molecule has 0 aliphatic carbocycles. The van der Waals surface area contributed by atoms with Crippen LogP contribution >= 0.6 is 8.58 Å². The summed E-state index contributed by atoms with van der Waals surface area (Å²) in [5.74, 6) is 1.67. The van der Waals surface area contributed by atoms with Crippen molar-refractivity contribution in [3.63, 3.8) is 0 Å². The molecule has 2 aromatic carbocycles. The van der Waals surface area contributed by atoms with Gasteiger partial charge >= 0.3 is 0 Å². The molecule has 0 aliphatic heterocycles. The normalized spacial score (nSPS) is 14.0. The molecule has 0 spiro atoms. The number of aryl methyl sites for hydroxylation is 1. The van der Waals surface area contributed by atoms with Crippen molar-refractivity contribution in [3.8, 4) is 11.5 Å². The van der Waals surface area contributed by atoms with Gasteiger partial charge in [-0.2, -0.15) is 0 Å². The summed E-state index contributed by atoms with van der Waals surface area (Å²) in [6.07, 6.45) is 2.91. The van der Waals surface area contributed by atoms with Crippen LogP contribution in [-0.4, -0.2) is 34.3 Å². The van der Waals surface area contributed by atoms with Crippen molar-refractivity contribution in [1.29, 1.82) is 0 Å². The van der Waals surface area contributed by atoms with Gasteiger partial charge in [-0.05, 0) is 48.5 Å². The lowest BCUT2D eigenvalue weighted by atomic mass is 9.96. The van der Waals surface area contributed by atoms with Crippen molar-refractivity contribution >= 4 is 20.1 Å². The number of ether oxygens (including phenoxy) is 3. The van der Waals surface area contributed by atoms with E-state index in [0.717, 1.165) is 23.5 Å². The molecule has 2 atom stereocenters. The topological polar surface area (TPSA) is 40.0 Å². The lowest BCUT2D eigenvalue weighted by Gasteiger charge is -2.32. The van der Waals surface area contributed by atoms with E-state index in [1.165, 1.54) is 16.4 Å². The highest BCUT2D eigenvalue weighted by Crippen LogP contribution is 2.48. The Bertz CT molecular complexity index is 791. The number of benzene rings is 2. The summed E-state index contributed by atoms with van der Waals surface area (Å²) in [5, 5.41) is 1.21. The Balaban J connectivity index is 2.50. The van der Waals surface area contributed by atoms with Gasteiger partial charge in [0.1, 0.15) is 11.5 Å². The Morgan fingerprint density at radius 1 is 1.15 bits per heavy atom. The van der Waals surface area contributed by atoms with E-state index in [0.29, 0.717) is 8.58 Å². The predicted octanol–water partition coefficient (Wildman–Crippen LogP) is 4.66. The van der Waals surface area contributed by atoms with Gasteiger partial charge in [0.25, 0.3) is 0 Å². The molecule has 27 heavy (non-hydrogen) atoms. The molecule has 146 valence electrons. The third-order valence-electron chi connectivity index (χ3n) is 4.71. The molecule has 0 N–H and O–H groups in total. The number of hydrogen-bond acceptors (Lipinski definition) is 4. The van der Waals surface area contributed by atoms with E-state index < -0.39 is 0 Å². The molecule has 0 aromatic heterocycles. The summed E-state index contributed by atoms with van der Waals surface area (Å²) in [6, 6.07) is 12.6. The lowest BCUT2D eigenvalue weighted by Crippen LogP contribution is -2.21. The van der Waals surface area contributed by atoms with Crippen molar-refractivity contribution in [3.05, 3.63) is 53.1 Å². The second kappa shape index (κ2) is 9.87. The predicted molar refractivity (Wildman–Crippen MR) is 116 cm³/mol. The highest BCUT2D eigenvalue weighted by atomic mass is 31.1. The average molecular weight is 387 g/mol. The van der Waals surface area contributed by atoms with E-state index in [9.17, 15) is 0 Å². The summed E-state index contributed by atoms with van der Waals surface area (Å²) >= 11 is 0. The Hall–Kier alpha value is -1.90. The summed E-state index contributed by atoms with van der Waals surface area (Å²) < 4.78 is 16.5. The van der Waals surface area contributed by atoms with Gasteiger partial charge in [0.05, 0.1) is 7.11 Å². The van der Waals surface area contributed by atoms with Gasteiger partial charge in [-0.25, -0.2) is 0 Å². The number of methoxy groups -OCH3 is 2. The van der Waals surface area contributed by atoms with E-state index >= 15 is 0 Å². The van der Waals surface area contributed by atoms with Gasteiger partial charge in [-0.15, -0.1) is 0 Å². The van der Waals surface area contributed by atoms with Gasteiger partial charge in [-0.3, -0.25) is 4.99 Å². The highest BCUT2D eigenvalue weighted by Gasteiger charge is 2.30. The maximum Gasteiger partial charge on any atom is 0.188 e. The minimum atomic E-state index is -0.0940. The van der Waals surface area contributed by atoms with Crippen LogP contribution in [0.25, 0.3) is 0 Å². The van der Waals surface area contributed by atoms with Crippen LogP contribution in [0.5, 0.6) is 11.5 Å². The molecule has 0 saturated heterocycles. The molecular weight excluding hydrogens is 357 g/mol. The fourth-order valence-corrected chi connectivity index (χ4v) is 4.55. The first-order chi connectivity index (χ1) is 13.0. The second-order valence-corrected chi connectivity index (χ2v) is 8.59. The summed E-state index contributed by atoms with van der Waals surface area (Å²) in [7, 11) is 5.70. The summed E-state index contributed by atoms with van der Waals surface area (Å²) in [6.45, 7) is 6.83. The highest BCUT2D eigenvalue weighted by molar-refractivity contribution is 7.48. The standard InChI is InChI=1S/C22H30NO3P/c1-7-22(3,27-21-11-8-16(2)12-17(21)14-23-4)19-13-18(25-6)9-10-20(19)26-15-24-5/h8-14,27H,7,15H2,1-6H3. The first-order valence-corrected chi connectivity index (χ1v) is 10.1. The van der Waals surface area contributed by atoms with Crippen LogP contribution in [0.1, 0.15) is 37.0 Å². The van der Waals surface area contributed by atoms with Crippen molar-refractivity contribution < 1.29 is 14.2 Å². The van der Waals surface area contributed by atoms with Gasteiger partial charge in [0.2, 0.25) is 0 Å². The molecule has 2 rings (SSSR count). The molecule has 0 radical (unpaired) electrons. The van der Waals surface area contributed by atoms with Crippen LogP contribution in [0.15, 0.2) is 41.4 Å². The first-order valence-electron chi connectivity index (χ1n) is 9.08. The monoisotopic (exact) mass is 387 g/mol. The van der Waals surface area contributed by atoms with Crippen LogP contribution in [0, 0.1) is 6.92 Å². The zero-order valence-corrected chi connectivity index (χ0v) is 18.1. The molecule has 0 heterocycles. The van der Waals surface area contributed by atoms with Crippen molar-refractivity contribution in [2.24, 2.45) is 4.99 Å². The maximum atomic E-state index is 5.87. The van der Waals surface area contributed by atoms with Crippen molar-refractivity contribution in [2.75, 3.05) is 28.1 Å². The van der Waals surface area contributed by atoms with E-state index in [1.807, 2.05) is 25.4 Å². The van der Waals surface area contributed by atoms with Gasteiger partial charge in [0.15, 0.2) is 6.79 Å². The maximum absolute atomic E-state index is 5.87. The molecule has 0 saturated carbocycles. The van der Waals surface area contributed by atoms with Crippen molar-refractivity contribution in [2.45, 2.75) is 32.3 Å². The second-order valence-electron chi connectivity index (χ2n) is 6.70. The smallest absolute Gasteiger partial charge is 0.188 e. The lowest BCUT2D eigenvalue weighted by molar-refractivity contribution is 0.0500. The number of hydrogen-bond donors (Lipinski definition) is 0. The molecule has 0 fully saturated rings. The largest absolute Gasteiger partial charge is 0.497 e. The van der Waals surface area contributed by atoms with E-state index in [2.05, 4.69) is 50.0 Å². The minimum Gasteiger partial charge on any atom is -0.497 e. The number of aliphatic imine (C=N–C) groups is 1. The molecule has 0 bridgehead atoms. The fourth-order valence-electron chi connectivity index (χ4n) is 3.00. The summed E-state index contributed by atoms with van der Waals surface area (Å²) in [4.78, 5) is 4.24. The quantitative estimate of drug-likeness (QED) is 0.357. The molecular formula is C22H30NO3P. The Morgan fingerprint density at radius 2 is 1.93 bits per heavy atom. The van der Waals surface area contributed by atoms with Gasteiger partial charge in [-0.1, -0.05) is 40.1 Å². The van der Waals surface area contributed by atoms with Gasteiger partial charge in [0, 0.05) is 31.1 Å². The van der Waals surface area contributed by atoms with Crippen molar-refractivity contribution in [1.82, 2.24) is 0 Å². The van der Waals surface area contributed by atoms with Crippen LogP contribution in [0.3, 0.4) is 0 Å². The first kappa shape index (κ1) is 21.4. The molecule has 4 nitrogen and oxygen atoms in total. The van der Waals surface area contributed by atoms with Gasteiger partial charge < -0.3 is 14.2 Å². The van der Waals surface area contributed by atoms with E-state index in [-0.39, 0.29) is 11.9 Å². The van der Waals surface area contributed by atoms with E-state index in [4.69, 9.17) is 14.2 Å². The van der Waals surface area contributed by atoms with Crippen LogP contribution < -0.4 is 14.8 Å². The van der Waals surface area contributed by atoms with Crippen LogP contribution in [-0.2, 0) is 9.89 Å². The molecule has 0 amide bonds. The zero-order valence-electron chi connectivity index (χ0n) is 17.1. The summed E-state index contributed by atoms with van der Waals surface area (Å²) in [5.41, 5.74) is 3.56. The molecule has 5 heteroatoms. The SMILES string of the molecule is CCC(C)(Pc1ccc(C)cc1C=NC)c1cc(OC)ccc1OCOC. The zero-order chi connectivity index (χ0) is 19.9. The Labute approximate surface area is 164 Å². The Morgan fingerprint density at radius 3 is 2.56 bits per heavy atom. The van der Waals surface area contributed by atoms with Crippen LogP contribution in [0.4, 0.5) is 0 Å². The minimum absolute atomic E-state index is 0.0940. The molecule has 0 aliphatic rings. The fraction of sp³-hybridized carbons (Fsp3) is 0.409. The number of nitrogens with zero attached hydrogens (tertiary/aromatic N) is 1. The third-order valence-corrected chi connectivity index (χ3v) is 6.61. The average Bonchev–Trinajstić information content (AvgIpc) is 2.68. The Kier molecular flexibility index (Phi) is 7.82. The number of rotatable bonds is 9. The molecule has 2 unspecified atom stereocenters. The van der Waals surface area contributed by atoms with Crippen LogP contribution in [0.2, 0.25) is 0 Å². The van der Waals surface area contributed by atoms with E-state index in [1.54, 1.807) is 14.2 Å². The molecule has 2 aromatic rings.